The lowest BCUT2D eigenvalue weighted by molar-refractivity contribution is -0.140. The summed E-state index contributed by atoms with van der Waals surface area (Å²) in [4.78, 5) is 54.4. The monoisotopic (exact) mass is 656 g/mol. The first-order chi connectivity index (χ1) is 23.9. The van der Waals surface area contributed by atoms with Gasteiger partial charge in [-0.15, -0.1) is 0 Å². The summed E-state index contributed by atoms with van der Waals surface area (Å²) in [7, 11) is 3.05. The molecule has 0 atom stereocenters. The van der Waals surface area contributed by atoms with Gasteiger partial charge in [0, 0.05) is 58.0 Å². The molecule has 0 saturated heterocycles. The molecule has 0 radical (unpaired) electrons. The predicted octanol–water partition coefficient (Wildman–Crippen LogP) is 9.90. The molecule has 5 aromatic carbocycles. The van der Waals surface area contributed by atoms with Gasteiger partial charge < -0.3 is 14.5 Å². The van der Waals surface area contributed by atoms with E-state index in [9.17, 15) is 19.2 Å². The standard InChI is InChI=1S/C40H38N2O5.C2H6/c1-4-5-10-28-15-20-31(21-16-28)41(2)40(46)35-14-9-13-34-36(24-19-30(27-43)39(34)35)42(32-11-7-6-8-12-32)33-22-17-29(18-23-33)37(44)25-26-38(45)47-3;1-2/h6-9,11-24,27H,4-5,10,25-26H2,1-3H3;1-2H3. The van der Waals surface area contributed by atoms with E-state index in [0.717, 1.165) is 53.7 Å². The van der Waals surface area contributed by atoms with Gasteiger partial charge in [0.05, 0.1) is 19.2 Å². The molecule has 7 nitrogen and oxygen atoms in total. The van der Waals surface area contributed by atoms with Crippen molar-refractivity contribution in [2.45, 2.75) is 52.9 Å². The molecule has 0 N–H and O–H groups in total. The van der Waals surface area contributed by atoms with Crippen LogP contribution in [0.2, 0.25) is 0 Å². The number of rotatable bonds is 13. The van der Waals surface area contributed by atoms with Crippen molar-refractivity contribution in [3.05, 3.63) is 131 Å². The Labute approximate surface area is 289 Å². The number of methoxy groups -OCH3 is 1. The minimum Gasteiger partial charge on any atom is -0.469 e. The van der Waals surface area contributed by atoms with Crippen LogP contribution in [0.5, 0.6) is 0 Å². The van der Waals surface area contributed by atoms with Crippen molar-refractivity contribution in [2.24, 2.45) is 0 Å². The van der Waals surface area contributed by atoms with Crippen molar-refractivity contribution in [1.82, 2.24) is 0 Å². The lowest BCUT2D eigenvalue weighted by Gasteiger charge is -2.28. The molecule has 5 rings (SSSR count). The molecule has 0 aliphatic rings. The zero-order chi connectivity index (χ0) is 35.3. The second-order valence-electron chi connectivity index (χ2n) is 11.4. The minimum absolute atomic E-state index is 0.0167. The Balaban J connectivity index is 0.00000265. The molecule has 0 aromatic heterocycles. The Hall–Kier alpha value is -5.56. The fourth-order valence-electron chi connectivity index (χ4n) is 5.72. The first kappa shape index (κ1) is 36.3. The van der Waals surface area contributed by atoms with E-state index in [2.05, 4.69) is 23.8 Å². The summed E-state index contributed by atoms with van der Waals surface area (Å²) in [6.45, 7) is 6.17. The summed E-state index contributed by atoms with van der Waals surface area (Å²) >= 11 is 0. The van der Waals surface area contributed by atoms with Gasteiger partial charge in [-0.1, -0.05) is 69.7 Å². The van der Waals surface area contributed by atoms with Crippen molar-refractivity contribution >= 4 is 57.5 Å². The van der Waals surface area contributed by atoms with Crippen molar-refractivity contribution in [2.75, 3.05) is 24.0 Å². The van der Waals surface area contributed by atoms with E-state index in [4.69, 9.17) is 0 Å². The van der Waals surface area contributed by atoms with Crippen LogP contribution in [-0.4, -0.2) is 38.1 Å². The van der Waals surface area contributed by atoms with Gasteiger partial charge in [-0.3, -0.25) is 19.2 Å². The average molecular weight is 657 g/mol. The van der Waals surface area contributed by atoms with Gasteiger partial charge in [-0.2, -0.15) is 0 Å². The number of aldehydes is 1. The molecule has 0 heterocycles. The van der Waals surface area contributed by atoms with Crippen LogP contribution in [0.1, 0.15) is 83.1 Å². The summed E-state index contributed by atoms with van der Waals surface area (Å²) < 4.78 is 4.67. The number of fused-ring (bicyclic) bond motifs is 1. The van der Waals surface area contributed by atoms with Crippen LogP contribution < -0.4 is 9.80 Å². The Morgan fingerprint density at radius 2 is 1.39 bits per heavy atom. The van der Waals surface area contributed by atoms with Gasteiger partial charge in [-0.05, 0) is 85.1 Å². The fraction of sp³-hybridized carbons (Fsp3) is 0.238. The third kappa shape index (κ3) is 8.49. The molecule has 0 fully saturated rings. The number of ketones is 1. The van der Waals surface area contributed by atoms with Crippen LogP contribution in [0.25, 0.3) is 10.8 Å². The number of benzene rings is 5. The molecule has 7 heteroatoms. The molecule has 0 bridgehead atoms. The maximum absolute atomic E-state index is 14.1. The molecule has 0 spiro atoms. The molecule has 0 aliphatic heterocycles. The van der Waals surface area contributed by atoms with Crippen LogP contribution in [-0.2, 0) is 16.0 Å². The second kappa shape index (κ2) is 17.6. The number of amides is 1. The normalized spacial score (nSPS) is 10.5. The van der Waals surface area contributed by atoms with Crippen molar-refractivity contribution in [3.8, 4) is 0 Å². The molecule has 1 amide bonds. The quantitative estimate of drug-likeness (QED) is 0.0713. The largest absolute Gasteiger partial charge is 0.469 e. The van der Waals surface area contributed by atoms with Gasteiger partial charge in [-0.25, -0.2) is 0 Å². The highest BCUT2D eigenvalue weighted by Crippen LogP contribution is 2.40. The third-order valence-electron chi connectivity index (χ3n) is 8.34. The number of para-hydroxylation sites is 1. The summed E-state index contributed by atoms with van der Waals surface area (Å²) in [6, 6.07) is 34.1. The molecule has 0 unspecified atom stereocenters. The van der Waals surface area contributed by atoms with Gasteiger partial charge in [0.25, 0.3) is 5.91 Å². The number of esters is 1. The SMILES string of the molecule is CC.CCCCc1ccc(N(C)C(=O)c2cccc3c(N(c4ccccc4)c4ccc(C(=O)CCC(=O)OC)cc4)ccc(C=O)c23)cc1. The Kier molecular flexibility index (Phi) is 13.0. The fourth-order valence-corrected chi connectivity index (χ4v) is 5.72. The van der Waals surface area contributed by atoms with E-state index in [-0.39, 0.29) is 24.5 Å². The third-order valence-corrected chi connectivity index (χ3v) is 8.34. The number of unbranched alkanes of at least 4 members (excludes halogenated alkanes) is 1. The van der Waals surface area contributed by atoms with Gasteiger partial charge in [0.2, 0.25) is 0 Å². The topological polar surface area (TPSA) is 84.0 Å². The summed E-state index contributed by atoms with van der Waals surface area (Å²) in [5.74, 6) is -0.810. The molecule has 252 valence electrons. The van der Waals surface area contributed by atoms with Crippen LogP contribution in [0.3, 0.4) is 0 Å². The van der Waals surface area contributed by atoms with Gasteiger partial charge >= 0.3 is 5.97 Å². The van der Waals surface area contributed by atoms with Crippen LogP contribution in [0.15, 0.2) is 109 Å². The predicted molar refractivity (Wildman–Crippen MR) is 199 cm³/mol. The number of Topliss-reactive ketones (excluding diaryl/α,β-unsaturated/α-hetero) is 1. The Morgan fingerprint density at radius 1 is 0.735 bits per heavy atom. The molecule has 0 saturated carbocycles. The lowest BCUT2D eigenvalue weighted by Crippen LogP contribution is -2.26. The molecule has 49 heavy (non-hydrogen) atoms. The first-order valence-electron chi connectivity index (χ1n) is 16.8. The Bertz CT molecular complexity index is 1880. The summed E-state index contributed by atoms with van der Waals surface area (Å²) in [5, 5.41) is 1.29. The van der Waals surface area contributed by atoms with E-state index in [1.54, 1.807) is 36.2 Å². The van der Waals surface area contributed by atoms with Crippen molar-refractivity contribution < 1.29 is 23.9 Å². The summed E-state index contributed by atoms with van der Waals surface area (Å²) in [6.07, 6.45) is 4.08. The summed E-state index contributed by atoms with van der Waals surface area (Å²) in [5.41, 5.74) is 5.71. The zero-order valence-corrected chi connectivity index (χ0v) is 28.9. The van der Waals surface area contributed by atoms with Crippen LogP contribution in [0, 0.1) is 0 Å². The van der Waals surface area contributed by atoms with Gasteiger partial charge in [0.15, 0.2) is 12.1 Å². The van der Waals surface area contributed by atoms with E-state index in [1.165, 1.54) is 12.7 Å². The second-order valence-corrected chi connectivity index (χ2v) is 11.4. The number of carbonyl (C=O) groups excluding carboxylic acids is 4. The number of hydrogen-bond acceptors (Lipinski definition) is 6. The molecule has 0 aliphatic carbocycles. The highest BCUT2D eigenvalue weighted by atomic mass is 16.5. The van der Waals surface area contributed by atoms with E-state index < -0.39 is 5.97 Å². The molecular weight excluding hydrogens is 612 g/mol. The number of ether oxygens (including phenoxy) is 1. The van der Waals surface area contributed by atoms with E-state index in [1.807, 2.05) is 91.5 Å². The number of carbonyl (C=O) groups is 4. The molecular formula is C42H44N2O5. The van der Waals surface area contributed by atoms with Crippen molar-refractivity contribution in [1.29, 1.82) is 0 Å². The highest BCUT2D eigenvalue weighted by molar-refractivity contribution is 6.19. The van der Waals surface area contributed by atoms with E-state index >= 15 is 0 Å². The number of nitrogens with zero attached hydrogens (tertiary/aromatic N) is 2. The lowest BCUT2D eigenvalue weighted by atomic mass is 9.96. The zero-order valence-electron chi connectivity index (χ0n) is 28.9. The number of aryl methyl sites for hydroxylation is 1. The van der Waals surface area contributed by atoms with Crippen LogP contribution >= 0.6 is 0 Å². The smallest absolute Gasteiger partial charge is 0.305 e. The maximum atomic E-state index is 14.1. The van der Waals surface area contributed by atoms with Crippen LogP contribution in [0.4, 0.5) is 22.7 Å². The van der Waals surface area contributed by atoms with Crippen molar-refractivity contribution in [3.63, 3.8) is 0 Å². The first-order valence-corrected chi connectivity index (χ1v) is 16.8. The minimum atomic E-state index is -0.430. The van der Waals surface area contributed by atoms with E-state index in [0.29, 0.717) is 22.1 Å². The number of hydrogen-bond donors (Lipinski definition) is 0. The average Bonchev–Trinajstić information content (AvgIpc) is 3.17. The Morgan fingerprint density at radius 3 is 2.02 bits per heavy atom. The maximum Gasteiger partial charge on any atom is 0.305 e. The van der Waals surface area contributed by atoms with Gasteiger partial charge in [0.1, 0.15) is 0 Å². The highest BCUT2D eigenvalue weighted by Gasteiger charge is 2.23. The molecule has 5 aromatic rings. The number of anilines is 4.